The fourth-order valence-electron chi connectivity index (χ4n) is 2.86. The van der Waals surface area contributed by atoms with E-state index in [2.05, 4.69) is 0 Å². The maximum absolute atomic E-state index is 13.2. The second-order valence-corrected chi connectivity index (χ2v) is 5.52. The van der Waals surface area contributed by atoms with Gasteiger partial charge in [0.05, 0.1) is 17.9 Å². The summed E-state index contributed by atoms with van der Waals surface area (Å²) in [7, 11) is 0. The molecule has 0 saturated carbocycles. The first-order valence-corrected chi connectivity index (χ1v) is 7.78. The van der Waals surface area contributed by atoms with E-state index in [1.165, 1.54) is 47.6 Å². The molecule has 25 heavy (non-hydrogen) atoms. The number of nitrogens with zero attached hydrogens (tertiary/aromatic N) is 1. The van der Waals surface area contributed by atoms with E-state index >= 15 is 0 Å². The van der Waals surface area contributed by atoms with Crippen molar-refractivity contribution in [1.29, 1.82) is 0 Å². The fourth-order valence-corrected chi connectivity index (χ4v) is 2.86. The van der Waals surface area contributed by atoms with Gasteiger partial charge in [0.15, 0.2) is 11.5 Å². The molecular weight excluding hydrogens is 325 g/mol. The highest BCUT2D eigenvalue weighted by Crippen LogP contribution is 2.37. The molecule has 1 amide bonds. The van der Waals surface area contributed by atoms with Gasteiger partial charge in [-0.25, -0.2) is 4.39 Å². The molecule has 3 rings (SSSR count). The normalized spacial score (nSPS) is 17.8. The van der Waals surface area contributed by atoms with Crippen LogP contribution in [0.3, 0.4) is 0 Å². The van der Waals surface area contributed by atoms with Crippen LogP contribution in [-0.2, 0) is 9.59 Å². The van der Waals surface area contributed by atoms with E-state index in [1.54, 1.807) is 19.1 Å². The second kappa shape index (κ2) is 6.76. The molecule has 0 spiro atoms. The minimum Gasteiger partial charge on any atom is -0.503 e. The van der Waals surface area contributed by atoms with Crippen molar-refractivity contribution in [2.75, 3.05) is 6.54 Å². The van der Waals surface area contributed by atoms with Gasteiger partial charge in [-0.3, -0.25) is 9.59 Å². The third-order valence-corrected chi connectivity index (χ3v) is 4.04. The summed E-state index contributed by atoms with van der Waals surface area (Å²) in [6, 6.07) is 8.10. The van der Waals surface area contributed by atoms with Crippen LogP contribution in [0.2, 0.25) is 0 Å². The predicted octanol–water partition coefficient (Wildman–Crippen LogP) is 3.42. The van der Waals surface area contributed by atoms with Gasteiger partial charge in [-0.2, -0.15) is 0 Å². The van der Waals surface area contributed by atoms with Crippen LogP contribution in [0.4, 0.5) is 4.39 Å². The molecule has 2 aromatic rings. The monoisotopic (exact) mass is 341 g/mol. The third-order valence-electron chi connectivity index (χ3n) is 4.04. The van der Waals surface area contributed by atoms with Gasteiger partial charge in [0, 0.05) is 6.54 Å². The Morgan fingerprint density at radius 3 is 2.64 bits per heavy atom. The Hall–Kier alpha value is -3.15. The average Bonchev–Trinajstić information content (AvgIpc) is 3.21. The van der Waals surface area contributed by atoms with Gasteiger partial charge in [0.25, 0.3) is 5.91 Å². The Morgan fingerprint density at radius 2 is 2.04 bits per heavy atom. The molecule has 5 nitrogen and oxygen atoms in total. The molecule has 1 aromatic heterocycles. The first-order valence-electron chi connectivity index (χ1n) is 7.78. The number of amides is 1. The lowest BCUT2D eigenvalue weighted by Crippen LogP contribution is -2.30. The number of aliphatic hydroxyl groups excluding tert-OH is 1. The largest absolute Gasteiger partial charge is 0.503 e. The van der Waals surface area contributed by atoms with Crippen molar-refractivity contribution >= 4 is 17.8 Å². The van der Waals surface area contributed by atoms with Gasteiger partial charge in [-0.15, -0.1) is 0 Å². The van der Waals surface area contributed by atoms with Crippen LogP contribution in [-0.4, -0.2) is 28.2 Å². The molecule has 0 saturated heterocycles. The van der Waals surface area contributed by atoms with E-state index in [0.717, 1.165) is 0 Å². The van der Waals surface area contributed by atoms with Crippen molar-refractivity contribution < 1.29 is 23.5 Å². The number of allylic oxidation sites excluding steroid dienone is 1. The van der Waals surface area contributed by atoms with Crippen LogP contribution in [0.1, 0.15) is 24.3 Å². The third kappa shape index (κ3) is 3.10. The first-order chi connectivity index (χ1) is 12.0. The zero-order valence-electron chi connectivity index (χ0n) is 13.5. The lowest BCUT2D eigenvalue weighted by molar-refractivity contribution is -0.129. The summed E-state index contributed by atoms with van der Waals surface area (Å²) in [6.45, 7) is 2.04. The topological polar surface area (TPSA) is 70.8 Å². The molecule has 0 aliphatic carbocycles. The van der Waals surface area contributed by atoms with Crippen molar-refractivity contribution in [3.63, 3.8) is 0 Å². The summed E-state index contributed by atoms with van der Waals surface area (Å²) >= 11 is 0. The SMILES string of the molecule is CCN1C(=O)C(O)=C(C(=O)/C=C/c2ccco2)C1c1ccc(F)cc1. The summed E-state index contributed by atoms with van der Waals surface area (Å²) in [5, 5.41) is 10.2. The van der Waals surface area contributed by atoms with E-state index in [4.69, 9.17) is 4.42 Å². The second-order valence-electron chi connectivity index (χ2n) is 5.52. The van der Waals surface area contributed by atoms with Crippen LogP contribution in [0, 0.1) is 5.82 Å². The van der Waals surface area contributed by atoms with Gasteiger partial charge in [-0.1, -0.05) is 12.1 Å². The molecule has 128 valence electrons. The molecule has 1 aliphatic heterocycles. The molecule has 1 aliphatic rings. The number of halogens is 1. The van der Waals surface area contributed by atoms with Gasteiger partial charge < -0.3 is 14.4 Å². The number of ketones is 1. The maximum atomic E-state index is 13.2. The van der Waals surface area contributed by atoms with Crippen LogP contribution >= 0.6 is 0 Å². The summed E-state index contributed by atoms with van der Waals surface area (Å²) in [5.74, 6) is -1.65. The Kier molecular flexibility index (Phi) is 4.52. The van der Waals surface area contributed by atoms with E-state index in [9.17, 15) is 19.1 Å². The van der Waals surface area contributed by atoms with Gasteiger partial charge in [-0.05, 0) is 48.9 Å². The number of hydrogen-bond acceptors (Lipinski definition) is 4. The summed E-state index contributed by atoms with van der Waals surface area (Å²) in [5.41, 5.74) is 0.525. The highest BCUT2D eigenvalue weighted by Gasteiger charge is 2.42. The smallest absolute Gasteiger partial charge is 0.290 e. The quantitative estimate of drug-likeness (QED) is 0.846. The predicted molar refractivity (Wildman–Crippen MR) is 88.9 cm³/mol. The molecule has 6 heteroatoms. The van der Waals surface area contributed by atoms with E-state index < -0.39 is 29.3 Å². The number of likely N-dealkylation sites (N-methyl/N-ethyl adjacent to an activating group) is 1. The number of carbonyl (C=O) groups excluding carboxylic acids is 2. The number of furan rings is 1. The highest BCUT2D eigenvalue weighted by molar-refractivity contribution is 6.14. The van der Waals surface area contributed by atoms with Crippen molar-refractivity contribution in [3.8, 4) is 0 Å². The molecule has 0 radical (unpaired) electrons. The standard InChI is InChI=1S/C19H16FNO4/c1-2-21-17(12-5-7-13(20)8-6-12)16(18(23)19(21)24)15(22)10-9-14-4-3-11-25-14/h3-11,17,23H,2H2,1H3/b10-9+. The van der Waals surface area contributed by atoms with E-state index in [1.807, 2.05) is 0 Å². The number of rotatable bonds is 5. The number of aliphatic hydroxyl groups is 1. The lowest BCUT2D eigenvalue weighted by atomic mass is 9.96. The Labute approximate surface area is 143 Å². The van der Waals surface area contributed by atoms with Gasteiger partial charge >= 0.3 is 0 Å². The highest BCUT2D eigenvalue weighted by atomic mass is 19.1. The summed E-state index contributed by atoms with van der Waals surface area (Å²) in [6.07, 6.45) is 4.18. The Morgan fingerprint density at radius 1 is 1.32 bits per heavy atom. The van der Waals surface area contributed by atoms with Crippen molar-refractivity contribution in [3.05, 3.63) is 77.2 Å². The molecular formula is C19H16FNO4. The molecule has 2 heterocycles. The number of hydrogen-bond donors (Lipinski definition) is 1. The number of carbonyl (C=O) groups is 2. The molecule has 1 N–H and O–H groups in total. The average molecular weight is 341 g/mol. The molecule has 1 atom stereocenters. The summed E-state index contributed by atoms with van der Waals surface area (Å²) in [4.78, 5) is 26.3. The van der Waals surface area contributed by atoms with Crippen molar-refractivity contribution in [2.45, 2.75) is 13.0 Å². The molecule has 0 bridgehead atoms. The number of benzene rings is 1. The first kappa shape index (κ1) is 16.7. The minimum absolute atomic E-state index is 0.0266. The van der Waals surface area contributed by atoms with Crippen LogP contribution in [0.15, 0.2) is 64.5 Å². The zero-order valence-corrected chi connectivity index (χ0v) is 13.5. The Bertz CT molecular complexity index is 850. The van der Waals surface area contributed by atoms with E-state index in [0.29, 0.717) is 17.9 Å². The molecule has 0 fully saturated rings. The lowest BCUT2D eigenvalue weighted by Gasteiger charge is -2.25. The molecule has 1 aromatic carbocycles. The van der Waals surface area contributed by atoms with Crippen molar-refractivity contribution in [2.24, 2.45) is 0 Å². The summed E-state index contributed by atoms with van der Waals surface area (Å²) < 4.78 is 18.3. The van der Waals surface area contributed by atoms with E-state index in [-0.39, 0.29) is 5.57 Å². The van der Waals surface area contributed by atoms with Crippen LogP contribution in [0.5, 0.6) is 0 Å². The Balaban J connectivity index is 1.99. The fraction of sp³-hybridized carbons (Fsp3) is 0.158. The van der Waals surface area contributed by atoms with Gasteiger partial charge in [0.2, 0.25) is 0 Å². The van der Waals surface area contributed by atoms with Crippen LogP contribution in [0.25, 0.3) is 6.08 Å². The van der Waals surface area contributed by atoms with Crippen molar-refractivity contribution in [1.82, 2.24) is 4.90 Å². The zero-order chi connectivity index (χ0) is 18.0. The molecule has 1 unspecified atom stereocenters. The maximum Gasteiger partial charge on any atom is 0.290 e. The van der Waals surface area contributed by atoms with Crippen LogP contribution < -0.4 is 0 Å². The van der Waals surface area contributed by atoms with Gasteiger partial charge in [0.1, 0.15) is 11.6 Å². The minimum atomic E-state index is -0.758.